The molecule has 0 bridgehead atoms. The molecule has 4 heteroatoms. The van der Waals surface area contributed by atoms with Crippen LogP contribution in [-0.2, 0) is 0 Å². The zero-order chi connectivity index (χ0) is 10.2. The summed E-state index contributed by atoms with van der Waals surface area (Å²) in [4.78, 5) is 4.21. The SMILES string of the molecule is CC(C)N1CCN(C(C)C)C1(Cl)Cl. The second-order valence-electron chi connectivity index (χ2n) is 4.08. The van der Waals surface area contributed by atoms with Crippen molar-refractivity contribution >= 4 is 23.2 Å². The number of nitrogens with zero attached hydrogens (tertiary/aromatic N) is 2. The molecule has 1 rings (SSSR count). The fourth-order valence-corrected chi connectivity index (χ4v) is 2.91. The summed E-state index contributed by atoms with van der Waals surface area (Å²) in [6.45, 7) is 10.4. The lowest BCUT2D eigenvalue weighted by Gasteiger charge is -2.37. The van der Waals surface area contributed by atoms with E-state index in [0.717, 1.165) is 13.1 Å². The van der Waals surface area contributed by atoms with Gasteiger partial charge in [0.05, 0.1) is 0 Å². The minimum Gasteiger partial charge on any atom is -0.256 e. The van der Waals surface area contributed by atoms with Gasteiger partial charge in [0, 0.05) is 25.2 Å². The Balaban J connectivity index is 2.76. The molecule has 1 heterocycles. The maximum atomic E-state index is 6.31. The Labute approximate surface area is 90.8 Å². The number of hydrogen-bond acceptors (Lipinski definition) is 2. The van der Waals surface area contributed by atoms with Crippen LogP contribution in [0.4, 0.5) is 0 Å². The molecular weight excluding hydrogens is 207 g/mol. The van der Waals surface area contributed by atoms with Crippen LogP contribution >= 0.6 is 23.2 Å². The number of hydrogen-bond donors (Lipinski definition) is 0. The molecular formula is C9H18Cl2N2. The van der Waals surface area contributed by atoms with E-state index in [9.17, 15) is 0 Å². The van der Waals surface area contributed by atoms with Crippen LogP contribution in [0.15, 0.2) is 0 Å². The van der Waals surface area contributed by atoms with Crippen molar-refractivity contribution in [3.63, 3.8) is 0 Å². The van der Waals surface area contributed by atoms with Crippen LogP contribution in [0.5, 0.6) is 0 Å². The molecule has 13 heavy (non-hydrogen) atoms. The van der Waals surface area contributed by atoms with Gasteiger partial charge < -0.3 is 0 Å². The van der Waals surface area contributed by atoms with Crippen LogP contribution in [0, 0.1) is 0 Å². The van der Waals surface area contributed by atoms with Crippen LogP contribution in [0.1, 0.15) is 27.7 Å². The lowest BCUT2D eigenvalue weighted by molar-refractivity contribution is 0.119. The van der Waals surface area contributed by atoms with Gasteiger partial charge >= 0.3 is 0 Å². The second-order valence-corrected chi connectivity index (χ2v) is 5.33. The topological polar surface area (TPSA) is 6.48 Å². The number of halogens is 2. The third-order valence-corrected chi connectivity index (χ3v) is 3.39. The molecule has 0 aromatic carbocycles. The van der Waals surface area contributed by atoms with Crippen LogP contribution in [0.2, 0.25) is 0 Å². The van der Waals surface area contributed by atoms with E-state index in [1.54, 1.807) is 0 Å². The van der Waals surface area contributed by atoms with Crippen molar-refractivity contribution in [1.29, 1.82) is 0 Å². The van der Waals surface area contributed by atoms with E-state index in [1.165, 1.54) is 0 Å². The smallest absolute Gasteiger partial charge is 0.229 e. The summed E-state index contributed by atoms with van der Waals surface area (Å²) >= 11 is 12.6. The summed E-state index contributed by atoms with van der Waals surface area (Å²) < 4.78 is -0.817. The van der Waals surface area contributed by atoms with E-state index in [2.05, 4.69) is 37.5 Å². The van der Waals surface area contributed by atoms with Crippen LogP contribution in [0.25, 0.3) is 0 Å². The van der Waals surface area contributed by atoms with Crippen LogP contribution < -0.4 is 0 Å². The quantitative estimate of drug-likeness (QED) is 0.526. The highest BCUT2D eigenvalue weighted by Crippen LogP contribution is 2.37. The Hall–Kier alpha value is 0.500. The van der Waals surface area contributed by atoms with Crippen molar-refractivity contribution in [3.05, 3.63) is 0 Å². The van der Waals surface area contributed by atoms with Crippen molar-refractivity contribution in [3.8, 4) is 0 Å². The van der Waals surface area contributed by atoms with E-state index in [1.807, 2.05) is 0 Å². The van der Waals surface area contributed by atoms with Gasteiger partial charge in [-0.15, -0.1) is 0 Å². The zero-order valence-corrected chi connectivity index (χ0v) is 10.2. The van der Waals surface area contributed by atoms with Crippen molar-refractivity contribution in [2.75, 3.05) is 13.1 Å². The first kappa shape index (κ1) is 11.6. The van der Waals surface area contributed by atoms with Crippen molar-refractivity contribution in [1.82, 2.24) is 9.80 Å². The Morgan fingerprint density at radius 2 is 1.23 bits per heavy atom. The number of rotatable bonds is 2. The van der Waals surface area contributed by atoms with E-state index < -0.39 is 4.58 Å². The molecule has 1 aliphatic heterocycles. The molecule has 0 atom stereocenters. The highest BCUT2D eigenvalue weighted by molar-refractivity contribution is 6.47. The minimum atomic E-state index is -0.817. The van der Waals surface area contributed by atoms with E-state index in [4.69, 9.17) is 23.2 Å². The van der Waals surface area contributed by atoms with Gasteiger partial charge in [0.2, 0.25) is 4.58 Å². The standard InChI is InChI=1S/C9H18Cl2N2/c1-7(2)12-5-6-13(8(3)4)9(12,10)11/h7-8H,5-6H2,1-4H3. The Kier molecular flexibility index (Phi) is 3.50. The van der Waals surface area contributed by atoms with Gasteiger partial charge in [-0.05, 0) is 27.7 Å². The normalized spacial score (nSPS) is 24.9. The predicted molar refractivity (Wildman–Crippen MR) is 58.1 cm³/mol. The Bertz CT molecular complexity index is 162. The first-order chi connectivity index (χ1) is 5.87. The maximum Gasteiger partial charge on any atom is 0.229 e. The molecule has 0 unspecified atom stereocenters. The summed E-state index contributed by atoms with van der Waals surface area (Å²) in [5.74, 6) is 0. The van der Waals surface area contributed by atoms with Gasteiger partial charge in [-0.25, -0.2) is 0 Å². The maximum absolute atomic E-state index is 6.31. The molecule has 0 saturated carbocycles. The Morgan fingerprint density at radius 1 is 0.923 bits per heavy atom. The summed E-state index contributed by atoms with van der Waals surface area (Å²) in [7, 11) is 0. The third-order valence-electron chi connectivity index (χ3n) is 2.52. The predicted octanol–water partition coefficient (Wildman–Crippen LogP) is 2.51. The number of alkyl halides is 2. The van der Waals surface area contributed by atoms with Crippen molar-refractivity contribution in [2.45, 2.75) is 44.4 Å². The minimum absolute atomic E-state index is 0.388. The molecule has 0 aromatic heterocycles. The van der Waals surface area contributed by atoms with Gasteiger partial charge in [-0.1, -0.05) is 23.2 Å². The highest BCUT2D eigenvalue weighted by atomic mass is 35.5. The molecule has 0 N–H and O–H groups in total. The van der Waals surface area contributed by atoms with Crippen molar-refractivity contribution < 1.29 is 0 Å². The second kappa shape index (κ2) is 3.93. The summed E-state index contributed by atoms with van der Waals surface area (Å²) in [6.07, 6.45) is 0. The van der Waals surface area contributed by atoms with E-state index in [-0.39, 0.29) is 0 Å². The molecule has 0 spiro atoms. The van der Waals surface area contributed by atoms with Crippen LogP contribution in [-0.4, -0.2) is 39.6 Å². The van der Waals surface area contributed by atoms with Gasteiger partial charge in [0.25, 0.3) is 0 Å². The van der Waals surface area contributed by atoms with Gasteiger partial charge in [-0.3, -0.25) is 9.80 Å². The molecule has 2 nitrogen and oxygen atoms in total. The van der Waals surface area contributed by atoms with Crippen molar-refractivity contribution in [2.24, 2.45) is 0 Å². The molecule has 1 aliphatic rings. The first-order valence-corrected chi connectivity index (χ1v) is 5.54. The molecule has 1 saturated heterocycles. The summed E-state index contributed by atoms with van der Waals surface area (Å²) in [6, 6.07) is 0.775. The molecule has 0 aromatic rings. The third kappa shape index (κ3) is 2.12. The molecule has 0 amide bonds. The first-order valence-electron chi connectivity index (χ1n) is 4.78. The molecule has 0 radical (unpaired) electrons. The van der Waals surface area contributed by atoms with Crippen LogP contribution in [0.3, 0.4) is 0 Å². The average molecular weight is 225 g/mol. The monoisotopic (exact) mass is 224 g/mol. The summed E-state index contributed by atoms with van der Waals surface area (Å²) in [5.41, 5.74) is 0. The fraction of sp³-hybridized carbons (Fsp3) is 1.00. The molecule has 78 valence electrons. The lowest BCUT2D eigenvalue weighted by Crippen LogP contribution is -2.49. The fourth-order valence-electron chi connectivity index (χ4n) is 1.79. The molecule has 1 fully saturated rings. The van der Waals surface area contributed by atoms with Gasteiger partial charge in [-0.2, -0.15) is 0 Å². The zero-order valence-electron chi connectivity index (χ0n) is 8.72. The lowest BCUT2D eigenvalue weighted by atomic mass is 10.3. The van der Waals surface area contributed by atoms with Gasteiger partial charge in [0.15, 0.2) is 0 Å². The highest BCUT2D eigenvalue weighted by Gasteiger charge is 2.46. The van der Waals surface area contributed by atoms with E-state index in [0.29, 0.717) is 12.1 Å². The van der Waals surface area contributed by atoms with E-state index >= 15 is 0 Å². The Morgan fingerprint density at radius 3 is 1.38 bits per heavy atom. The van der Waals surface area contributed by atoms with Gasteiger partial charge in [0.1, 0.15) is 0 Å². The molecule has 0 aliphatic carbocycles. The summed E-state index contributed by atoms with van der Waals surface area (Å²) in [5, 5.41) is 0. The average Bonchev–Trinajstić information content (AvgIpc) is 2.24. The largest absolute Gasteiger partial charge is 0.256 e.